The summed E-state index contributed by atoms with van der Waals surface area (Å²) in [5.74, 6) is 0.251. The van der Waals surface area contributed by atoms with Crippen molar-refractivity contribution in [2.75, 3.05) is 13.1 Å². The van der Waals surface area contributed by atoms with Crippen LogP contribution in [0.25, 0.3) is 5.57 Å². The van der Waals surface area contributed by atoms with Gasteiger partial charge in [0.15, 0.2) is 5.78 Å². The van der Waals surface area contributed by atoms with Crippen LogP contribution in [0.3, 0.4) is 0 Å². The number of carbonyl (C=O) groups excluding carboxylic acids is 1. The lowest BCUT2D eigenvalue weighted by molar-refractivity contribution is 0.0997. The number of aryl methyl sites for hydroxylation is 1. The molecule has 146 valence electrons. The molecule has 1 aliphatic heterocycles. The van der Waals surface area contributed by atoms with Crippen LogP contribution in [0.15, 0.2) is 59.5 Å². The van der Waals surface area contributed by atoms with Gasteiger partial charge in [-0.25, -0.2) is 0 Å². The van der Waals surface area contributed by atoms with Crippen molar-refractivity contribution in [1.82, 2.24) is 9.88 Å². The van der Waals surface area contributed by atoms with Gasteiger partial charge in [0.1, 0.15) is 0 Å². The van der Waals surface area contributed by atoms with Crippen molar-refractivity contribution in [3.63, 3.8) is 0 Å². The van der Waals surface area contributed by atoms with Crippen molar-refractivity contribution < 1.29 is 4.79 Å². The molecule has 3 heterocycles. The number of Topliss-reactive ketones (excluding diaryl/α,β-unsaturated/α-hetero) is 1. The molecule has 3 nitrogen and oxygen atoms in total. The Balaban J connectivity index is 1.47. The number of thiophene rings is 1. The normalized spacial score (nSPS) is 17.1. The zero-order valence-corrected chi connectivity index (χ0v) is 17.5. The zero-order valence-electron chi connectivity index (χ0n) is 16.6. The molecule has 0 saturated carbocycles. The Hall–Kier alpha value is -2.56. The van der Waals surface area contributed by atoms with Gasteiger partial charge in [0.25, 0.3) is 0 Å². The number of rotatable bonds is 2. The van der Waals surface area contributed by atoms with E-state index in [2.05, 4.69) is 51.7 Å². The summed E-state index contributed by atoms with van der Waals surface area (Å²) in [4.78, 5) is 20.9. The summed E-state index contributed by atoms with van der Waals surface area (Å²) in [7, 11) is 0. The Kier molecular flexibility index (Phi) is 4.90. The summed E-state index contributed by atoms with van der Waals surface area (Å²) >= 11 is 1.59. The molecule has 5 rings (SSSR count). The van der Waals surface area contributed by atoms with Gasteiger partial charge in [-0.1, -0.05) is 35.9 Å². The van der Waals surface area contributed by atoms with E-state index in [0.29, 0.717) is 6.42 Å². The smallest absolute Gasteiger partial charge is 0.177 e. The van der Waals surface area contributed by atoms with Gasteiger partial charge in [-0.2, -0.15) is 0 Å². The molecule has 0 spiro atoms. The monoisotopic (exact) mass is 400 g/mol. The van der Waals surface area contributed by atoms with E-state index in [-0.39, 0.29) is 5.78 Å². The topological polar surface area (TPSA) is 33.2 Å². The van der Waals surface area contributed by atoms with Gasteiger partial charge in [-0.3, -0.25) is 14.7 Å². The summed E-state index contributed by atoms with van der Waals surface area (Å²) in [5.41, 5.74) is 8.58. The average molecular weight is 401 g/mol. The van der Waals surface area contributed by atoms with Gasteiger partial charge in [0, 0.05) is 37.3 Å². The van der Waals surface area contributed by atoms with E-state index >= 15 is 0 Å². The second-order valence-corrected chi connectivity index (χ2v) is 8.86. The molecule has 0 N–H and O–H groups in total. The van der Waals surface area contributed by atoms with Crippen molar-refractivity contribution in [2.45, 2.75) is 32.7 Å². The molecule has 1 aliphatic carbocycles. The number of likely N-dealkylation sites (tertiary alicyclic amines) is 1. The van der Waals surface area contributed by atoms with E-state index < -0.39 is 0 Å². The van der Waals surface area contributed by atoms with Gasteiger partial charge >= 0.3 is 0 Å². The van der Waals surface area contributed by atoms with Crippen LogP contribution in [-0.2, 0) is 13.0 Å². The fraction of sp³-hybridized carbons (Fsp3) is 0.280. The van der Waals surface area contributed by atoms with E-state index in [0.717, 1.165) is 59.9 Å². The Labute approximate surface area is 175 Å². The minimum atomic E-state index is 0.251. The largest absolute Gasteiger partial charge is 0.297 e. The predicted molar refractivity (Wildman–Crippen MR) is 118 cm³/mol. The number of pyridine rings is 1. The lowest BCUT2D eigenvalue weighted by Gasteiger charge is -2.30. The van der Waals surface area contributed by atoms with E-state index in [1.54, 1.807) is 11.3 Å². The standard InChI is InChI=1S/C25H24N2OS/c1-17-5-4-7-20(26-17)16-27-12-9-18(10-13-27)24-21-8-3-2-6-19(21)15-23(28)25-22(24)11-14-29-25/h2-8,11,14H,9-10,12-13,15-16H2,1H3. The second-order valence-electron chi connectivity index (χ2n) is 7.95. The molecule has 1 saturated heterocycles. The number of carbonyl (C=O) groups is 1. The number of hydrogen-bond donors (Lipinski definition) is 0. The number of aromatic nitrogens is 1. The Morgan fingerprint density at radius 3 is 2.66 bits per heavy atom. The summed E-state index contributed by atoms with van der Waals surface area (Å²) in [6.07, 6.45) is 2.59. The van der Waals surface area contributed by atoms with E-state index in [4.69, 9.17) is 0 Å². The third kappa shape index (κ3) is 3.59. The molecule has 0 unspecified atom stereocenters. The third-order valence-corrected chi connectivity index (χ3v) is 6.93. The number of ketones is 1. The maximum absolute atomic E-state index is 12.8. The molecule has 0 bridgehead atoms. The van der Waals surface area contributed by atoms with Crippen molar-refractivity contribution in [3.05, 3.63) is 92.4 Å². The summed E-state index contributed by atoms with van der Waals surface area (Å²) in [6, 6.07) is 16.9. The fourth-order valence-corrected chi connectivity index (χ4v) is 5.41. The minimum absolute atomic E-state index is 0.251. The highest BCUT2D eigenvalue weighted by Gasteiger charge is 2.27. The molecule has 0 atom stereocenters. The van der Waals surface area contributed by atoms with Crippen LogP contribution >= 0.6 is 11.3 Å². The summed E-state index contributed by atoms with van der Waals surface area (Å²) in [6.45, 7) is 5.02. The minimum Gasteiger partial charge on any atom is -0.297 e. The fourth-order valence-electron chi connectivity index (χ4n) is 4.57. The van der Waals surface area contributed by atoms with Gasteiger partial charge < -0.3 is 0 Å². The Morgan fingerprint density at radius 1 is 1.00 bits per heavy atom. The molecule has 0 radical (unpaired) electrons. The third-order valence-electron chi connectivity index (χ3n) is 5.97. The number of piperidine rings is 1. The van der Waals surface area contributed by atoms with Crippen LogP contribution in [0, 0.1) is 6.92 Å². The quantitative estimate of drug-likeness (QED) is 0.586. The Bertz CT molecular complexity index is 1100. The molecular weight excluding hydrogens is 376 g/mol. The number of nitrogens with zero attached hydrogens (tertiary/aromatic N) is 2. The lowest BCUT2D eigenvalue weighted by Crippen LogP contribution is -2.31. The first-order chi connectivity index (χ1) is 14.2. The van der Waals surface area contributed by atoms with Crippen LogP contribution in [0.5, 0.6) is 0 Å². The Morgan fingerprint density at radius 2 is 1.83 bits per heavy atom. The lowest BCUT2D eigenvalue weighted by atomic mass is 9.87. The molecular formula is C25H24N2OS. The van der Waals surface area contributed by atoms with Crippen molar-refractivity contribution in [1.29, 1.82) is 0 Å². The van der Waals surface area contributed by atoms with Gasteiger partial charge in [0.05, 0.1) is 10.6 Å². The van der Waals surface area contributed by atoms with Crippen LogP contribution in [0.1, 0.15) is 50.6 Å². The van der Waals surface area contributed by atoms with Gasteiger partial charge in [0.2, 0.25) is 0 Å². The summed E-state index contributed by atoms with van der Waals surface area (Å²) in [5, 5.41) is 2.07. The van der Waals surface area contributed by atoms with E-state index in [1.165, 1.54) is 16.7 Å². The van der Waals surface area contributed by atoms with Crippen LogP contribution < -0.4 is 0 Å². The predicted octanol–water partition coefficient (Wildman–Crippen LogP) is 5.29. The average Bonchev–Trinajstić information content (AvgIpc) is 3.16. The maximum atomic E-state index is 12.8. The zero-order chi connectivity index (χ0) is 19.8. The summed E-state index contributed by atoms with van der Waals surface area (Å²) < 4.78 is 0. The first kappa shape index (κ1) is 18.5. The second kappa shape index (κ2) is 7.69. The molecule has 29 heavy (non-hydrogen) atoms. The molecule has 0 amide bonds. The van der Waals surface area contributed by atoms with E-state index in [9.17, 15) is 4.79 Å². The molecule has 2 aromatic heterocycles. The van der Waals surface area contributed by atoms with Crippen LogP contribution in [0.2, 0.25) is 0 Å². The highest BCUT2D eigenvalue weighted by Crippen LogP contribution is 2.40. The molecule has 3 aromatic rings. The maximum Gasteiger partial charge on any atom is 0.177 e. The number of fused-ring (bicyclic) bond motifs is 2. The molecule has 1 aromatic carbocycles. The van der Waals surface area contributed by atoms with E-state index in [1.807, 2.05) is 19.1 Å². The number of benzene rings is 1. The highest BCUT2D eigenvalue weighted by molar-refractivity contribution is 7.12. The highest BCUT2D eigenvalue weighted by atomic mass is 32.1. The molecule has 2 aliphatic rings. The first-order valence-corrected chi connectivity index (χ1v) is 11.1. The first-order valence-electron chi connectivity index (χ1n) is 10.3. The van der Waals surface area contributed by atoms with Crippen molar-refractivity contribution in [2.24, 2.45) is 0 Å². The van der Waals surface area contributed by atoms with Gasteiger partial charge in [-0.15, -0.1) is 11.3 Å². The van der Waals surface area contributed by atoms with Crippen molar-refractivity contribution in [3.8, 4) is 0 Å². The number of hydrogen-bond acceptors (Lipinski definition) is 4. The SMILES string of the molecule is Cc1cccc(CN2CCC(=C3c4ccccc4CC(=O)c4sccc43)CC2)n1. The van der Waals surface area contributed by atoms with Crippen molar-refractivity contribution >= 4 is 22.7 Å². The van der Waals surface area contributed by atoms with Crippen LogP contribution in [0.4, 0.5) is 0 Å². The van der Waals surface area contributed by atoms with Gasteiger partial charge in [-0.05, 0) is 60.0 Å². The molecule has 1 fully saturated rings. The molecule has 4 heteroatoms. The van der Waals surface area contributed by atoms with Crippen LogP contribution in [-0.4, -0.2) is 28.8 Å².